The Morgan fingerprint density at radius 3 is 1.29 bits per heavy atom. The first kappa shape index (κ1) is 30.5. The van der Waals surface area contributed by atoms with E-state index in [9.17, 15) is 0 Å². The van der Waals surface area contributed by atoms with Gasteiger partial charge >= 0.3 is 0 Å². The summed E-state index contributed by atoms with van der Waals surface area (Å²) in [7, 11) is 0. The molecular formula is C44H36N6O2. The van der Waals surface area contributed by atoms with Crippen molar-refractivity contribution < 1.29 is 9.47 Å². The molecule has 2 aliphatic heterocycles. The Morgan fingerprint density at radius 1 is 0.481 bits per heavy atom. The summed E-state index contributed by atoms with van der Waals surface area (Å²) in [6, 6.07) is 38.9. The van der Waals surface area contributed by atoms with Crippen molar-refractivity contribution in [3.05, 3.63) is 133 Å². The third-order valence-electron chi connectivity index (χ3n) is 10.1. The molecular weight excluding hydrogens is 645 g/mol. The second-order valence-electron chi connectivity index (χ2n) is 15.0. The molecule has 6 heterocycles. The molecule has 4 aromatic heterocycles. The highest BCUT2D eigenvalue weighted by Gasteiger charge is 2.29. The van der Waals surface area contributed by atoms with Crippen molar-refractivity contribution in [1.29, 1.82) is 0 Å². The van der Waals surface area contributed by atoms with Gasteiger partial charge in [-0.2, -0.15) is 0 Å². The third-order valence-corrected chi connectivity index (χ3v) is 10.1. The number of hydrogen-bond donors (Lipinski definition) is 0. The largest absolute Gasteiger partial charge is 0.474 e. The molecule has 0 N–H and O–H groups in total. The number of nitrogens with zero attached hydrogens (tertiary/aromatic N) is 6. The smallest absolute Gasteiger partial charge is 0.236 e. The van der Waals surface area contributed by atoms with E-state index in [1.165, 1.54) is 21.5 Å². The molecule has 10 rings (SSSR count). The standard InChI is InChI=1S/C44H36N6O2/c1-43(2)25-51-41(47-43)35-17-15-29(23-45-35)49-37-11-7-5-9-31(37)33-21-27(13-19-39(33)49)28-14-20-40-34(22-28)32-10-6-8-12-38(32)50(40)30-16-18-36(46-24-30)42-48-44(3,4)26-52-42/h5-24H,25-26H2,1-4H3. The number of rotatable bonds is 5. The van der Waals surface area contributed by atoms with Crippen LogP contribution in [0.2, 0.25) is 0 Å². The van der Waals surface area contributed by atoms with Crippen molar-refractivity contribution in [2.24, 2.45) is 9.98 Å². The van der Waals surface area contributed by atoms with Crippen LogP contribution in [0, 0.1) is 0 Å². The third kappa shape index (κ3) is 4.89. The molecule has 0 atom stereocenters. The number of aromatic nitrogens is 4. The van der Waals surface area contributed by atoms with E-state index in [0.717, 1.165) is 56.0 Å². The number of pyridine rings is 2. The SMILES string of the molecule is CC1(C)COC(c2ccc(-n3c4ccccc4c4cc(-c5ccc6c(c5)c5ccccc5n6-c5ccc(C6=NC(C)(C)CO6)nc5)ccc43)cn2)=N1. The van der Waals surface area contributed by atoms with Gasteiger partial charge in [0, 0.05) is 21.5 Å². The van der Waals surface area contributed by atoms with E-state index < -0.39 is 0 Å². The molecule has 0 aliphatic carbocycles. The number of hydrogen-bond acceptors (Lipinski definition) is 6. The van der Waals surface area contributed by atoms with Gasteiger partial charge in [0.05, 0.1) is 56.9 Å². The molecule has 0 amide bonds. The molecule has 52 heavy (non-hydrogen) atoms. The zero-order chi connectivity index (χ0) is 35.2. The number of aliphatic imine (C=N–C) groups is 2. The summed E-state index contributed by atoms with van der Waals surface area (Å²) >= 11 is 0. The van der Waals surface area contributed by atoms with Crippen LogP contribution in [-0.4, -0.2) is 55.2 Å². The van der Waals surface area contributed by atoms with Crippen LogP contribution < -0.4 is 0 Å². The van der Waals surface area contributed by atoms with Crippen LogP contribution in [0.4, 0.5) is 0 Å². The van der Waals surface area contributed by atoms with Crippen molar-refractivity contribution in [2.45, 2.75) is 38.8 Å². The second kappa shape index (κ2) is 11.1. The van der Waals surface area contributed by atoms with Crippen molar-refractivity contribution in [3.8, 4) is 22.5 Å². The Hall–Kier alpha value is -6.28. The van der Waals surface area contributed by atoms with E-state index in [1.807, 2.05) is 24.5 Å². The van der Waals surface area contributed by atoms with Crippen LogP contribution >= 0.6 is 0 Å². The van der Waals surface area contributed by atoms with E-state index in [2.05, 4.69) is 134 Å². The first-order valence-electron chi connectivity index (χ1n) is 17.7. The van der Waals surface area contributed by atoms with Crippen molar-refractivity contribution in [2.75, 3.05) is 13.2 Å². The minimum atomic E-state index is -0.232. The average Bonchev–Trinajstić information content (AvgIpc) is 3.91. The lowest BCUT2D eigenvalue weighted by Gasteiger charge is -2.10. The van der Waals surface area contributed by atoms with E-state index in [4.69, 9.17) is 29.4 Å². The molecule has 2 aliphatic rings. The van der Waals surface area contributed by atoms with E-state index in [-0.39, 0.29) is 11.1 Å². The maximum Gasteiger partial charge on any atom is 0.236 e. The van der Waals surface area contributed by atoms with Crippen LogP contribution in [0.3, 0.4) is 0 Å². The Balaban J connectivity index is 1.05. The average molecular weight is 681 g/mol. The predicted molar refractivity (Wildman–Crippen MR) is 209 cm³/mol. The van der Waals surface area contributed by atoms with E-state index in [0.29, 0.717) is 25.0 Å². The maximum atomic E-state index is 5.85. The lowest BCUT2D eigenvalue weighted by atomic mass is 10.0. The fraction of sp³-hybridized carbons (Fsp3) is 0.182. The van der Waals surface area contributed by atoms with Crippen molar-refractivity contribution in [1.82, 2.24) is 19.1 Å². The summed E-state index contributed by atoms with van der Waals surface area (Å²) in [6.07, 6.45) is 3.83. The van der Waals surface area contributed by atoms with Gasteiger partial charge in [0.2, 0.25) is 11.8 Å². The molecule has 0 fully saturated rings. The number of fused-ring (bicyclic) bond motifs is 6. The Morgan fingerprint density at radius 2 is 0.904 bits per heavy atom. The summed E-state index contributed by atoms with van der Waals surface area (Å²) < 4.78 is 16.3. The minimum Gasteiger partial charge on any atom is -0.474 e. The van der Waals surface area contributed by atoms with Crippen LogP contribution in [0.1, 0.15) is 39.1 Å². The second-order valence-corrected chi connectivity index (χ2v) is 15.0. The fourth-order valence-corrected chi connectivity index (χ4v) is 7.58. The summed E-state index contributed by atoms with van der Waals surface area (Å²) in [4.78, 5) is 19.0. The normalized spacial score (nSPS) is 16.4. The van der Waals surface area contributed by atoms with Gasteiger partial charge in [-0.25, -0.2) is 20.0 Å². The summed E-state index contributed by atoms with van der Waals surface area (Å²) in [5, 5.41) is 4.77. The predicted octanol–water partition coefficient (Wildman–Crippen LogP) is 9.45. The summed E-state index contributed by atoms with van der Waals surface area (Å²) in [5.74, 6) is 1.21. The van der Waals surface area contributed by atoms with Gasteiger partial charge in [-0.15, -0.1) is 0 Å². The van der Waals surface area contributed by atoms with E-state index in [1.54, 1.807) is 0 Å². The number of benzene rings is 4. The summed E-state index contributed by atoms with van der Waals surface area (Å²) in [5.41, 5.74) is 9.86. The quantitative estimate of drug-likeness (QED) is 0.181. The molecule has 4 aromatic carbocycles. The van der Waals surface area contributed by atoms with E-state index >= 15 is 0 Å². The van der Waals surface area contributed by atoms with Crippen LogP contribution in [0.5, 0.6) is 0 Å². The molecule has 0 radical (unpaired) electrons. The lowest BCUT2D eigenvalue weighted by molar-refractivity contribution is 0.279. The van der Waals surface area contributed by atoms with Gasteiger partial charge in [-0.05, 0) is 99.5 Å². The molecule has 8 aromatic rings. The molecule has 0 unspecified atom stereocenters. The number of para-hydroxylation sites is 2. The first-order chi connectivity index (χ1) is 25.2. The van der Waals surface area contributed by atoms with Gasteiger partial charge in [0.15, 0.2) is 0 Å². The molecule has 254 valence electrons. The Kier molecular flexibility index (Phi) is 6.52. The van der Waals surface area contributed by atoms with Crippen molar-refractivity contribution >= 4 is 55.4 Å². The minimum absolute atomic E-state index is 0.232. The molecule has 0 saturated carbocycles. The molecule has 0 saturated heterocycles. The highest BCUT2D eigenvalue weighted by atomic mass is 16.5. The monoisotopic (exact) mass is 680 g/mol. The van der Waals surface area contributed by atoms with Crippen LogP contribution in [0.25, 0.3) is 66.1 Å². The van der Waals surface area contributed by atoms with Crippen molar-refractivity contribution in [3.63, 3.8) is 0 Å². The van der Waals surface area contributed by atoms with Gasteiger partial charge in [0.1, 0.15) is 24.6 Å². The molecule has 8 nitrogen and oxygen atoms in total. The summed E-state index contributed by atoms with van der Waals surface area (Å²) in [6.45, 7) is 9.40. The number of ether oxygens (including phenoxy) is 2. The lowest BCUT2D eigenvalue weighted by Crippen LogP contribution is -2.17. The van der Waals surface area contributed by atoms with Gasteiger partial charge in [-0.1, -0.05) is 48.5 Å². The van der Waals surface area contributed by atoms with Gasteiger partial charge in [-0.3, -0.25) is 0 Å². The Labute approximate surface area is 300 Å². The zero-order valence-corrected chi connectivity index (χ0v) is 29.5. The first-order valence-corrected chi connectivity index (χ1v) is 17.7. The van der Waals surface area contributed by atoms with Gasteiger partial charge in [0.25, 0.3) is 0 Å². The zero-order valence-electron chi connectivity index (χ0n) is 29.5. The topological polar surface area (TPSA) is 78.8 Å². The highest BCUT2D eigenvalue weighted by Crippen LogP contribution is 2.38. The molecule has 0 spiro atoms. The maximum absolute atomic E-state index is 5.85. The fourth-order valence-electron chi connectivity index (χ4n) is 7.58. The molecule has 8 heteroatoms. The molecule has 0 bridgehead atoms. The highest BCUT2D eigenvalue weighted by molar-refractivity contribution is 6.12. The Bertz CT molecular complexity index is 2590. The van der Waals surface area contributed by atoms with Crippen LogP contribution in [-0.2, 0) is 9.47 Å². The van der Waals surface area contributed by atoms with Crippen LogP contribution in [0.15, 0.2) is 132 Å². The van der Waals surface area contributed by atoms with Gasteiger partial charge < -0.3 is 18.6 Å².